The third kappa shape index (κ3) is 3.40. The highest BCUT2D eigenvalue weighted by Crippen LogP contribution is 2.39. The van der Waals surface area contributed by atoms with Crippen LogP contribution < -0.4 is 14.8 Å². The van der Waals surface area contributed by atoms with Gasteiger partial charge in [0.05, 0.1) is 19.8 Å². The predicted molar refractivity (Wildman–Crippen MR) is 103 cm³/mol. The van der Waals surface area contributed by atoms with E-state index in [0.717, 1.165) is 12.8 Å². The summed E-state index contributed by atoms with van der Waals surface area (Å²) in [6.45, 7) is 0.640. The van der Waals surface area contributed by atoms with Crippen molar-refractivity contribution < 1.29 is 19.1 Å². The molecule has 2 heterocycles. The lowest BCUT2D eigenvalue weighted by Crippen LogP contribution is -2.47. The molecular weight excluding hydrogens is 358 g/mol. The molecule has 1 aromatic carbocycles. The summed E-state index contributed by atoms with van der Waals surface area (Å²) >= 11 is 0. The molecule has 3 unspecified atom stereocenters. The van der Waals surface area contributed by atoms with Crippen molar-refractivity contribution in [2.24, 2.45) is 5.92 Å². The van der Waals surface area contributed by atoms with Gasteiger partial charge in [0.25, 0.3) is 11.8 Å². The summed E-state index contributed by atoms with van der Waals surface area (Å²) in [4.78, 5) is 31.3. The van der Waals surface area contributed by atoms with E-state index in [1.54, 1.807) is 56.9 Å². The van der Waals surface area contributed by atoms with Gasteiger partial charge in [0, 0.05) is 42.7 Å². The fourth-order valence-electron chi connectivity index (χ4n) is 4.22. The van der Waals surface area contributed by atoms with Gasteiger partial charge in [0.2, 0.25) is 0 Å². The minimum absolute atomic E-state index is 0.0262. The van der Waals surface area contributed by atoms with Gasteiger partial charge < -0.3 is 19.7 Å². The Hall–Kier alpha value is -3.09. The maximum atomic E-state index is 13.0. The SMILES string of the molecule is COc1cc(OC)cc(C(=O)N2CC3CC2CC3NC(=O)c2cccnc2)c1. The molecule has 2 aromatic rings. The first-order valence-corrected chi connectivity index (χ1v) is 9.34. The number of aromatic nitrogens is 1. The van der Waals surface area contributed by atoms with Crippen molar-refractivity contribution in [3.8, 4) is 11.5 Å². The van der Waals surface area contributed by atoms with Gasteiger partial charge >= 0.3 is 0 Å². The quantitative estimate of drug-likeness (QED) is 0.858. The van der Waals surface area contributed by atoms with Crippen LogP contribution in [0.3, 0.4) is 0 Å². The van der Waals surface area contributed by atoms with Crippen LogP contribution in [-0.2, 0) is 0 Å². The summed E-state index contributed by atoms with van der Waals surface area (Å²) in [6, 6.07) is 8.93. The number of carbonyl (C=O) groups excluding carboxylic acids is 2. The number of methoxy groups -OCH3 is 2. The van der Waals surface area contributed by atoms with E-state index in [0.29, 0.717) is 29.2 Å². The van der Waals surface area contributed by atoms with Gasteiger partial charge in [0.15, 0.2) is 0 Å². The van der Waals surface area contributed by atoms with Crippen LogP contribution in [0.2, 0.25) is 0 Å². The van der Waals surface area contributed by atoms with Gasteiger partial charge in [0.1, 0.15) is 11.5 Å². The van der Waals surface area contributed by atoms with Crippen molar-refractivity contribution in [1.82, 2.24) is 15.2 Å². The molecule has 7 heteroatoms. The van der Waals surface area contributed by atoms with E-state index >= 15 is 0 Å². The summed E-state index contributed by atoms with van der Waals surface area (Å²) in [7, 11) is 3.13. The van der Waals surface area contributed by atoms with Gasteiger partial charge in [-0.05, 0) is 43.0 Å². The fourth-order valence-corrected chi connectivity index (χ4v) is 4.22. The summed E-state index contributed by atoms with van der Waals surface area (Å²) in [5.41, 5.74) is 1.11. The molecule has 146 valence electrons. The highest BCUT2D eigenvalue weighted by molar-refractivity contribution is 5.96. The van der Waals surface area contributed by atoms with Gasteiger partial charge in [-0.1, -0.05) is 0 Å². The van der Waals surface area contributed by atoms with Gasteiger partial charge in [-0.25, -0.2) is 0 Å². The summed E-state index contributed by atoms with van der Waals surface area (Å²) in [6.07, 6.45) is 4.88. The molecule has 1 aliphatic heterocycles. The number of likely N-dealkylation sites (tertiary alicyclic amines) is 1. The number of carbonyl (C=O) groups is 2. The second-order valence-corrected chi connectivity index (χ2v) is 7.27. The second kappa shape index (κ2) is 7.50. The van der Waals surface area contributed by atoms with Crippen LogP contribution in [0.15, 0.2) is 42.7 Å². The van der Waals surface area contributed by atoms with Crippen LogP contribution in [0.25, 0.3) is 0 Å². The number of rotatable bonds is 5. The summed E-state index contributed by atoms with van der Waals surface area (Å²) < 4.78 is 10.5. The normalized spacial score (nSPS) is 22.8. The number of nitrogens with zero attached hydrogens (tertiary/aromatic N) is 2. The van der Waals surface area contributed by atoms with Crippen LogP contribution in [0, 0.1) is 5.92 Å². The number of nitrogens with one attached hydrogen (secondary N) is 1. The number of piperidine rings is 1. The molecule has 2 aliphatic rings. The first kappa shape index (κ1) is 18.3. The Morgan fingerprint density at radius 3 is 2.43 bits per heavy atom. The molecule has 0 spiro atoms. The average Bonchev–Trinajstić information content (AvgIpc) is 3.33. The Labute approximate surface area is 163 Å². The van der Waals surface area contributed by atoms with Crippen molar-refractivity contribution in [2.45, 2.75) is 24.9 Å². The molecule has 1 N–H and O–H groups in total. The zero-order valence-corrected chi connectivity index (χ0v) is 15.9. The smallest absolute Gasteiger partial charge is 0.254 e. The molecule has 1 aliphatic carbocycles. The highest BCUT2D eigenvalue weighted by Gasteiger charge is 2.47. The second-order valence-electron chi connectivity index (χ2n) is 7.27. The monoisotopic (exact) mass is 381 g/mol. The molecule has 7 nitrogen and oxygen atoms in total. The topological polar surface area (TPSA) is 80.8 Å². The minimum atomic E-state index is -0.110. The molecule has 4 rings (SSSR count). The van der Waals surface area contributed by atoms with Crippen LogP contribution >= 0.6 is 0 Å². The lowest BCUT2D eigenvalue weighted by atomic mass is 10.0. The van der Waals surface area contributed by atoms with Crippen LogP contribution in [-0.4, -0.2) is 54.5 Å². The van der Waals surface area contributed by atoms with Crippen molar-refractivity contribution in [3.05, 3.63) is 53.9 Å². The van der Waals surface area contributed by atoms with E-state index in [1.807, 2.05) is 4.90 Å². The largest absolute Gasteiger partial charge is 0.497 e. The molecular formula is C21H23N3O4. The van der Waals surface area contributed by atoms with E-state index in [4.69, 9.17) is 9.47 Å². The molecule has 3 atom stereocenters. The van der Waals surface area contributed by atoms with Crippen molar-refractivity contribution >= 4 is 11.8 Å². The van der Waals surface area contributed by atoms with Gasteiger partial charge in [-0.3, -0.25) is 14.6 Å². The molecule has 1 aromatic heterocycles. The molecule has 1 saturated carbocycles. The van der Waals surface area contributed by atoms with Crippen molar-refractivity contribution in [2.75, 3.05) is 20.8 Å². The molecule has 2 fully saturated rings. The number of fused-ring (bicyclic) bond motifs is 2. The Morgan fingerprint density at radius 2 is 1.86 bits per heavy atom. The Morgan fingerprint density at radius 1 is 1.11 bits per heavy atom. The number of ether oxygens (including phenoxy) is 2. The molecule has 1 saturated heterocycles. The number of hydrogen-bond acceptors (Lipinski definition) is 5. The molecule has 2 amide bonds. The number of hydrogen-bond donors (Lipinski definition) is 1. The Bertz CT molecular complexity index is 864. The first-order chi connectivity index (χ1) is 13.6. The lowest BCUT2D eigenvalue weighted by Gasteiger charge is -2.32. The average molecular weight is 381 g/mol. The van der Waals surface area contributed by atoms with Crippen LogP contribution in [0.1, 0.15) is 33.6 Å². The van der Waals surface area contributed by atoms with E-state index in [2.05, 4.69) is 10.3 Å². The maximum absolute atomic E-state index is 13.0. The molecule has 0 radical (unpaired) electrons. The standard InChI is InChI=1S/C21H23N3O4/c1-27-17-7-14(8-18(10-17)28-2)21(26)24-12-15-6-16(24)9-19(15)23-20(25)13-4-3-5-22-11-13/h3-5,7-8,10-11,15-16,19H,6,9,12H2,1-2H3,(H,23,25). The first-order valence-electron chi connectivity index (χ1n) is 9.34. The third-order valence-electron chi connectivity index (χ3n) is 5.64. The number of benzene rings is 1. The zero-order chi connectivity index (χ0) is 19.7. The summed E-state index contributed by atoms with van der Waals surface area (Å²) in [5, 5.41) is 3.11. The van der Waals surface area contributed by atoms with E-state index < -0.39 is 0 Å². The fraction of sp³-hybridized carbons (Fsp3) is 0.381. The number of pyridine rings is 1. The van der Waals surface area contributed by atoms with Crippen molar-refractivity contribution in [1.29, 1.82) is 0 Å². The Kier molecular flexibility index (Phi) is 4.90. The predicted octanol–water partition coefficient (Wildman–Crippen LogP) is 2.13. The lowest BCUT2D eigenvalue weighted by molar-refractivity contribution is 0.0679. The molecule has 28 heavy (non-hydrogen) atoms. The molecule has 2 bridgehead atoms. The van der Waals surface area contributed by atoms with E-state index in [9.17, 15) is 9.59 Å². The summed E-state index contributed by atoms with van der Waals surface area (Å²) in [5.74, 6) is 1.31. The van der Waals surface area contributed by atoms with E-state index in [-0.39, 0.29) is 29.8 Å². The zero-order valence-electron chi connectivity index (χ0n) is 15.9. The van der Waals surface area contributed by atoms with Gasteiger partial charge in [-0.2, -0.15) is 0 Å². The maximum Gasteiger partial charge on any atom is 0.254 e. The van der Waals surface area contributed by atoms with Crippen LogP contribution in [0.4, 0.5) is 0 Å². The number of amides is 2. The Balaban J connectivity index is 1.43. The van der Waals surface area contributed by atoms with Crippen LogP contribution in [0.5, 0.6) is 11.5 Å². The third-order valence-corrected chi connectivity index (χ3v) is 5.64. The van der Waals surface area contributed by atoms with Gasteiger partial charge in [-0.15, -0.1) is 0 Å². The van der Waals surface area contributed by atoms with E-state index in [1.165, 1.54) is 0 Å². The highest BCUT2D eigenvalue weighted by atomic mass is 16.5. The van der Waals surface area contributed by atoms with Crippen molar-refractivity contribution in [3.63, 3.8) is 0 Å². The minimum Gasteiger partial charge on any atom is -0.497 e.